The Bertz CT molecular complexity index is 496. The van der Waals surface area contributed by atoms with Crippen molar-refractivity contribution in [3.63, 3.8) is 0 Å². The van der Waals surface area contributed by atoms with E-state index in [1.807, 2.05) is 19.9 Å². The molecule has 0 spiro atoms. The molecule has 1 aromatic rings. The maximum absolute atomic E-state index is 8.88. The number of aryl methyl sites for hydroxylation is 2. The minimum atomic E-state index is 0.0335. The highest BCUT2D eigenvalue weighted by Crippen LogP contribution is 2.22. The summed E-state index contributed by atoms with van der Waals surface area (Å²) in [6.07, 6.45) is 2.53. The summed E-state index contributed by atoms with van der Waals surface area (Å²) < 4.78 is 5.83. The topological polar surface area (TPSA) is 84.0 Å². The highest BCUT2D eigenvalue weighted by atomic mass is 16.5. The highest BCUT2D eigenvalue weighted by Gasteiger charge is 2.15. The van der Waals surface area contributed by atoms with Gasteiger partial charge in [0.05, 0.1) is 11.3 Å². The van der Waals surface area contributed by atoms with Crippen LogP contribution in [0.1, 0.15) is 29.8 Å². The van der Waals surface area contributed by atoms with Gasteiger partial charge < -0.3 is 15.7 Å². The summed E-state index contributed by atoms with van der Waals surface area (Å²) in [6, 6.07) is 1.82. The summed E-state index contributed by atoms with van der Waals surface area (Å²) in [5.41, 5.74) is 7.84. The van der Waals surface area contributed by atoms with Gasteiger partial charge in [-0.15, -0.1) is 0 Å². The van der Waals surface area contributed by atoms with Crippen LogP contribution in [0.3, 0.4) is 0 Å². The van der Waals surface area contributed by atoms with E-state index in [1.54, 1.807) is 0 Å². The molecule has 20 heavy (non-hydrogen) atoms. The third-order valence-corrected chi connectivity index (χ3v) is 3.52. The summed E-state index contributed by atoms with van der Waals surface area (Å²) in [7, 11) is 0. The van der Waals surface area contributed by atoms with Crippen LogP contribution in [-0.2, 0) is 0 Å². The van der Waals surface area contributed by atoms with Gasteiger partial charge in [-0.3, -0.25) is 9.88 Å². The normalized spacial score (nSPS) is 16.6. The molecule has 1 aromatic heterocycles. The molecule has 6 heteroatoms. The zero-order valence-corrected chi connectivity index (χ0v) is 12.1. The molecule has 2 heterocycles. The first-order valence-corrected chi connectivity index (χ1v) is 6.93. The standard InChI is InChI=1S/C14H22N4O2/c1-10-9-12(13(11(2)16-10)14(15)17-19)20-8-7-18-5-3-4-6-18/h9,19H,3-8H2,1-2H3,(H2,15,17). The molecule has 110 valence electrons. The van der Waals surface area contributed by atoms with Gasteiger partial charge in [0.15, 0.2) is 5.84 Å². The van der Waals surface area contributed by atoms with Crippen molar-refractivity contribution in [3.05, 3.63) is 23.0 Å². The molecule has 0 amide bonds. The van der Waals surface area contributed by atoms with E-state index in [4.69, 9.17) is 15.7 Å². The second-order valence-corrected chi connectivity index (χ2v) is 5.10. The molecule has 1 aliphatic heterocycles. The van der Waals surface area contributed by atoms with E-state index in [0.29, 0.717) is 23.6 Å². The summed E-state index contributed by atoms with van der Waals surface area (Å²) >= 11 is 0. The minimum Gasteiger partial charge on any atom is -0.491 e. The second-order valence-electron chi connectivity index (χ2n) is 5.10. The van der Waals surface area contributed by atoms with Gasteiger partial charge in [-0.25, -0.2) is 0 Å². The Morgan fingerprint density at radius 3 is 2.80 bits per heavy atom. The van der Waals surface area contributed by atoms with Crippen molar-refractivity contribution >= 4 is 5.84 Å². The Labute approximate surface area is 119 Å². The number of hydrogen-bond donors (Lipinski definition) is 2. The number of amidine groups is 1. The quantitative estimate of drug-likeness (QED) is 0.367. The predicted molar refractivity (Wildman–Crippen MR) is 77.4 cm³/mol. The third kappa shape index (κ3) is 3.39. The molecular weight excluding hydrogens is 256 g/mol. The van der Waals surface area contributed by atoms with Gasteiger partial charge in [-0.05, 0) is 39.8 Å². The molecule has 3 N–H and O–H groups in total. The summed E-state index contributed by atoms with van der Waals surface area (Å²) in [5, 5.41) is 11.9. The van der Waals surface area contributed by atoms with Crippen molar-refractivity contribution in [2.45, 2.75) is 26.7 Å². The van der Waals surface area contributed by atoms with Gasteiger partial charge in [0, 0.05) is 18.3 Å². The first kappa shape index (κ1) is 14.6. The van der Waals surface area contributed by atoms with E-state index in [9.17, 15) is 0 Å². The first-order chi connectivity index (χ1) is 9.61. The van der Waals surface area contributed by atoms with Crippen LogP contribution < -0.4 is 10.5 Å². The Kier molecular flexibility index (Phi) is 4.79. The monoisotopic (exact) mass is 278 g/mol. The van der Waals surface area contributed by atoms with Crippen LogP contribution in [0.25, 0.3) is 0 Å². The van der Waals surface area contributed by atoms with Crippen molar-refractivity contribution in [3.8, 4) is 5.75 Å². The molecule has 0 saturated carbocycles. The van der Waals surface area contributed by atoms with Gasteiger partial charge in [0.25, 0.3) is 0 Å². The lowest BCUT2D eigenvalue weighted by molar-refractivity contribution is 0.237. The highest BCUT2D eigenvalue weighted by molar-refractivity contribution is 6.00. The largest absolute Gasteiger partial charge is 0.491 e. The smallest absolute Gasteiger partial charge is 0.175 e. The van der Waals surface area contributed by atoms with Crippen LogP contribution in [0.5, 0.6) is 5.75 Å². The summed E-state index contributed by atoms with van der Waals surface area (Å²) in [6.45, 7) is 7.50. The molecule has 1 saturated heterocycles. The summed E-state index contributed by atoms with van der Waals surface area (Å²) in [5.74, 6) is 0.663. The van der Waals surface area contributed by atoms with Crippen molar-refractivity contribution < 1.29 is 9.94 Å². The van der Waals surface area contributed by atoms with E-state index in [2.05, 4.69) is 15.0 Å². The maximum Gasteiger partial charge on any atom is 0.175 e. The van der Waals surface area contributed by atoms with E-state index in [0.717, 1.165) is 25.3 Å². The fourth-order valence-corrected chi connectivity index (χ4v) is 2.56. The lowest BCUT2D eigenvalue weighted by Gasteiger charge is -2.17. The van der Waals surface area contributed by atoms with Crippen LogP contribution in [0.2, 0.25) is 0 Å². The van der Waals surface area contributed by atoms with Crippen LogP contribution in [0.15, 0.2) is 11.2 Å². The van der Waals surface area contributed by atoms with Crippen LogP contribution in [0, 0.1) is 13.8 Å². The number of ether oxygens (including phenoxy) is 1. The Hall–Kier alpha value is -1.82. The lowest BCUT2D eigenvalue weighted by Crippen LogP contribution is -2.26. The fraction of sp³-hybridized carbons (Fsp3) is 0.571. The average Bonchev–Trinajstić information content (AvgIpc) is 2.90. The van der Waals surface area contributed by atoms with Crippen LogP contribution in [-0.4, -0.2) is 47.2 Å². The molecule has 0 unspecified atom stereocenters. The first-order valence-electron chi connectivity index (χ1n) is 6.93. The number of pyridine rings is 1. The van der Waals surface area contributed by atoms with Gasteiger partial charge >= 0.3 is 0 Å². The van der Waals surface area contributed by atoms with Crippen LogP contribution in [0.4, 0.5) is 0 Å². The number of rotatable bonds is 5. The zero-order valence-electron chi connectivity index (χ0n) is 12.1. The van der Waals surface area contributed by atoms with E-state index in [-0.39, 0.29) is 5.84 Å². The van der Waals surface area contributed by atoms with Gasteiger partial charge in [0.2, 0.25) is 0 Å². The van der Waals surface area contributed by atoms with Gasteiger partial charge in [-0.1, -0.05) is 5.16 Å². The molecule has 6 nitrogen and oxygen atoms in total. The molecule has 0 aromatic carbocycles. The molecule has 0 aliphatic carbocycles. The van der Waals surface area contributed by atoms with Crippen molar-refractivity contribution in [2.75, 3.05) is 26.2 Å². The zero-order chi connectivity index (χ0) is 14.5. The van der Waals surface area contributed by atoms with Crippen molar-refractivity contribution in [1.29, 1.82) is 0 Å². The summed E-state index contributed by atoms with van der Waals surface area (Å²) in [4.78, 5) is 6.71. The molecule has 2 rings (SSSR count). The van der Waals surface area contributed by atoms with Crippen molar-refractivity contribution in [2.24, 2.45) is 10.9 Å². The number of likely N-dealkylation sites (tertiary alicyclic amines) is 1. The average molecular weight is 278 g/mol. The minimum absolute atomic E-state index is 0.0335. The van der Waals surface area contributed by atoms with Gasteiger partial charge in [0.1, 0.15) is 12.4 Å². The number of oxime groups is 1. The van der Waals surface area contributed by atoms with E-state index < -0.39 is 0 Å². The van der Waals surface area contributed by atoms with E-state index in [1.165, 1.54) is 12.8 Å². The maximum atomic E-state index is 8.88. The third-order valence-electron chi connectivity index (χ3n) is 3.52. The fourth-order valence-electron chi connectivity index (χ4n) is 2.56. The van der Waals surface area contributed by atoms with Crippen LogP contribution >= 0.6 is 0 Å². The number of nitrogens with two attached hydrogens (primary N) is 1. The molecule has 1 fully saturated rings. The number of aromatic nitrogens is 1. The Morgan fingerprint density at radius 1 is 1.45 bits per heavy atom. The Balaban J connectivity index is 2.08. The SMILES string of the molecule is Cc1cc(OCCN2CCCC2)c(/C(N)=N/O)c(C)n1. The van der Waals surface area contributed by atoms with Crippen molar-refractivity contribution in [1.82, 2.24) is 9.88 Å². The number of nitrogens with zero attached hydrogens (tertiary/aromatic N) is 3. The van der Waals surface area contributed by atoms with E-state index >= 15 is 0 Å². The molecular formula is C14H22N4O2. The molecule has 0 bridgehead atoms. The second kappa shape index (κ2) is 6.56. The predicted octanol–water partition coefficient (Wildman–Crippen LogP) is 1.27. The Morgan fingerprint density at radius 2 is 2.15 bits per heavy atom. The molecule has 0 radical (unpaired) electrons. The number of hydrogen-bond acceptors (Lipinski definition) is 5. The molecule has 0 atom stereocenters. The molecule has 1 aliphatic rings. The van der Waals surface area contributed by atoms with Gasteiger partial charge in [-0.2, -0.15) is 0 Å². The lowest BCUT2D eigenvalue weighted by atomic mass is 10.1.